The van der Waals surface area contributed by atoms with Gasteiger partial charge in [-0.1, -0.05) is 11.6 Å². The first kappa shape index (κ1) is 16.7. The average Bonchev–Trinajstić information content (AvgIpc) is 3.07. The van der Waals surface area contributed by atoms with Crippen LogP contribution in [-0.2, 0) is 4.79 Å². The highest BCUT2D eigenvalue weighted by molar-refractivity contribution is 6.34. The molecule has 2 aliphatic rings. The Labute approximate surface area is 155 Å². The maximum atomic E-state index is 12.6. The minimum Gasteiger partial charge on any atom is -0.486 e. The maximum absolute atomic E-state index is 12.6. The van der Waals surface area contributed by atoms with E-state index in [9.17, 15) is 9.59 Å². The standard InChI is InChI=1S/C19H17ClN2O4/c20-14-5-3-12(10-15(14)22-7-1-2-18(22)23)19(24)21-13-4-6-16-17(11-13)26-9-8-25-16/h3-6,10-11H,1-2,7-9H2,(H,21,24). The van der Waals surface area contributed by atoms with Crippen LogP contribution in [-0.4, -0.2) is 31.6 Å². The molecule has 2 heterocycles. The summed E-state index contributed by atoms with van der Waals surface area (Å²) in [5, 5.41) is 3.29. The second kappa shape index (κ2) is 6.88. The second-order valence-corrected chi connectivity index (χ2v) is 6.53. The quantitative estimate of drug-likeness (QED) is 0.895. The molecule has 2 aliphatic heterocycles. The number of hydrogen-bond donors (Lipinski definition) is 1. The lowest BCUT2D eigenvalue weighted by atomic mass is 10.1. The zero-order valence-electron chi connectivity index (χ0n) is 14.0. The lowest BCUT2D eigenvalue weighted by molar-refractivity contribution is -0.117. The first-order valence-corrected chi connectivity index (χ1v) is 8.80. The van der Waals surface area contributed by atoms with Gasteiger partial charge in [0.25, 0.3) is 5.91 Å². The predicted octanol–water partition coefficient (Wildman–Crippen LogP) is 3.49. The first-order chi connectivity index (χ1) is 12.6. The highest BCUT2D eigenvalue weighted by Gasteiger charge is 2.24. The van der Waals surface area contributed by atoms with Crippen LogP contribution in [0.4, 0.5) is 11.4 Å². The van der Waals surface area contributed by atoms with Gasteiger partial charge in [0.1, 0.15) is 13.2 Å². The molecule has 2 aromatic rings. The summed E-state index contributed by atoms with van der Waals surface area (Å²) in [4.78, 5) is 26.2. The molecule has 1 N–H and O–H groups in total. The number of carbonyl (C=O) groups excluding carboxylic acids is 2. The number of benzene rings is 2. The van der Waals surface area contributed by atoms with E-state index in [1.807, 2.05) is 0 Å². The lowest BCUT2D eigenvalue weighted by Gasteiger charge is -2.19. The average molecular weight is 373 g/mol. The topological polar surface area (TPSA) is 67.9 Å². The molecule has 0 atom stereocenters. The Bertz CT molecular complexity index is 884. The number of nitrogens with zero attached hydrogens (tertiary/aromatic N) is 1. The molecule has 6 nitrogen and oxygen atoms in total. The number of amides is 2. The Kier molecular flexibility index (Phi) is 4.42. The van der Waals surface area contributed by atoms with Crippen LogP contribution in [0.5, 0.6) is 11.5 Å². The number of nitrogens with one attached hydrogen (secondary N) is 1. The number of anilines is 2. The third-order valence-electron chi connectivity index (χ3n) is 4.37. The molecule has 0 unspecified atom stereocenters. The van der Waals surface area contributed by atoms with Crippen molar-refractivity contribution in [3.8, 4) is 11.5 Å². The fourth-order valence-electron chi connectivity index (χ4n) is 3.09. The molecule has 2 amide bonds. The van der Waals surface area contributed by atoms with Gasteiger partial charge in [-0.15, -0.1) is 0 Å². The monoisotopic (exact) mass is 372 g/mol. The third-order valence-corrected chi connectivity index (χ3v) is 4.69. The summed E-state index contributed by atoms with van der Waals surface area (Å²) < 4.78 is 11.0. The molecule has 0 saturated carbocycles. The summed E-state index contributed by atoms with van der Waals surface area (Å²) in [6.07, 6.45) is 1.30. The van der Waals surface area contributed by atoms with E-state index in [0.717, 1.165) is 6.42 Å². The summed E-state index contributed by atoms with van der Waals surface area (Å²) in [5.74, 6) is 1.01. The van der Waals surface area contributed by atoms with Gasteiger partial charge in [-0.05, 0) is 36.8 Å². The van der Waals surface area contributed by atoms with Crippen molar-refractivity contribution in [2.24, 2.45) is 0 Å². The Morgan fingerprint density at radius 2 is 1.88 bits per heavy atom. The molecule has 0 aliphatic carbocycles. The van der Waals surface area contributed by atoms with Crippen LogP contribution < -0.4 is 19.7 Å². The Morgan fingerprint density at radius 1 is 1.08 bits per heavy atom. The van der Waals surface area contributed by atoms with Crippen molar-refractivity contribution in [1.29, 1.82) is 0 Å². The van der Waals surface area contributed by atoms with Crippen molar-refractivity contribution in [3.05, 3.63) is 47.0 Å². The van der Waals surface area contributed by atoms with E-state index >= 15 is 0 Å². The number of halogens is 1. The van der Waals surface area contributed by atoms with E-state index in [2.05, 4.69) is 5.32 Å². The highest BCUT2D eigenvalue weighted by Crippen LogP contribution is 2.33. The first-order valence-electron chi connectivity index (χ1n) is 8.43. The molecule has 0 radical (unpaired) electrons. The minimum atomic E-state index is -0.286. The molecule has 134 valence electrons. The Morgan fingerprint density at radius 3 is 2.65 bits per heavy atom. The van der Waals surface area contributed by atoms with E-state index in [0.29, 0.717) is 59.6 Å². The van der Waals surface area contributed by atoms with Gasteiger partial charge < -0.3 is 19.7 Å². The molecule has 0 bridgehead atoms. The Balaban J connectivity index is 1.56. The third kappa shape index (κ3) is 3.20. The molecular weight excluding hydrogens is 356 g/mol. The summed E-state index contributed by atoms with van der Waals surface area (Å²) in [6.45, 7) is 1.61. The fourth-order valence-corrected chi connectivity index (χ4v) is 3.31. The number of rotatable bonds is 3. The van der Waals surface area contributed by atoms with Gasteiger partial charge in [-0.25, -0.2) is 0 Å². The van der Waals surface area contributed by atoms with Gasteiger partial charge in [-0.3, -0.25) is 9.59 Å². The number of hydrogen-bond acceptors (Lipinski definition) is 4. The minimum absolute atomic E-state index is 0.0243. The summed E-state index contributed by atoms with van der Waals surface area (Å²) in [7, 11) is 0. The van der Waals surface area contributed by atoms with Gasteiger partial charge in [0.05, 0.1) is 10.7 Å². The summed E-state index contributed by atoms with van der Waals surface area (Å²) in [5.41, 5.74) is 1.61. The van der Waals surface area contributed by atoms with Crippen LogP contribution in [0.2, 0.25) is 5.02 Å². The fraction of sp³-hybridized carbons (Fsp3) is 0.263. The van der Waals surface area contributed by atoms with Crippen molar-refractivity contribution in [1.82, 2.24) is 0 Å². The molecule has 1 saturated heterocycles. The van der Waals surface area contributed by atoms with E-state index < -0.39 is 0 Å². The van der Waals surface area contributed by atoms with Gasteiger partial charge >= 0.3 is 0 Å². The van der Waals surface area contributed by atoms with Gasteiger partial charge in [0.15, 0.2) is 11.5 Å². The number of carbonyl (C=O) groups is 2. The number of ether oxygens (including phenoxy) is 2. The van der Waals surface area contributed by atoms with Gasteiger partial charge in [0, 0.05) is 30.3 Å². The summed E-state index contributed by atoms with van der Waals surface area (Å²) in [6, 6.07) is 10.2. The van der Waals surface area contributed by atoms with E-state index in [1.165, 1.54) is 0 Å². The van der Waals surface area contributed by atoms with Crippen molar-refractivity contribution in [3.63, 3.8) is 0 Å². The van der Waals surface area contributed by atoms with Crippen molar-refractivity contribution >= 4 is 34.8 Å². The van der Waals surface area contributed by atoms with Gasteiger partial charge in [-0.2, -0.15) is 0 Å². The SMILES string of the molecule is O=C(Nc1ccc2c(c1)OCCO2)c1ccc(Cl)c(N2CCCC2=O)c1. The molecular formula is C19H17ClN2O4. The molecule has 2 aromatic carbocycles. The molecule has 0 aromatic heterocycles. The molecule has 1 fully saturated rings. The van der Waals surface area contributed by atoms with Crippen molar-refractivity contribution in [2.45, 2.75) is 12.8 Å². The largest absolute Gasteiger partial charge is 0.486 e. The van der Waals surface area contributed by atoms with Crippen LogP contribution in [0.15, 0.2) is 36.4 Å². The maximum Gasteiger partial charge on any atom is 0.255 e. The lowest BCUT2D eigenvalue weighted by Crippen LogP contribution is -2.24. The van der Waals surface area contributed by atoms with Crippen LogP contribution >= 0.6 is 11.6 Å². The summed E-state index contributed by atoms with van der Waals surface area (Å²) >= 11 is 6.23. The zero-order chi connectivity index (χ0) is 18.1. The van der Waals surface area contributed by atoms with Gasteiger partial charge in [0.2, 0.25) is 5.91 Å². The molecule has 0 spiro atoms. The molecule has 7 heteroatoms. The van der Waals surface area contributed by atoms with Crippen LogP contribution in [0, 0.1) is 0 Å². The van der Waals surface area contributed by atoms with E-state index in [-0.39, 0.29) is 11.8 Å². The highest BCUT2D eigenvalue weighted by atomic mass is 35.5. The van der Waals surface area contributed by atoms with Crippen LogP contribution in [0.3, 0.4) is 0 Å². The normalized spacial score (nSPS) is 15.9. The smallest absolute Gasteiger partial charge is 0.255 e. The molecule has 4 rings (SSSR count). The van der Waals surface area contributed by atoms with Crippen molar-refractivity contribution < 1.29 is 19.1 Å². The van der Waals surface area contributed by atoms with Crippen molar-refractivity contribution in [2.75, 3.05) is 30.0 Å². The second-order valence-electron chi connectivity index (χ2n) is 6.13. The van der Waals surface area contributed by atoms with E-state index in [1.54, 1.807) is 41.3 Å². The zero-order valence-corrected chi connectivity index (χ0v) is 14.7. The van der Waals surface area contributed by atoms with Crippen LogP contribution in [0.25, 0.3) is 0 Å². The predicted molar refractivity (Wildman–Crippen MR) is 98.4 cm³/mol. The Hall–Kier alpha value is -2.73. The van der Waals surface area contributed by atoms with E-state index in [4.69, 9.17) is 21.1 Å². The number of fused-ring (bicyclic) bond motifs is 1. The van der Waals surface area contributed by atoms with Crippen LogP contribution in [0.1, 0.15) is 23.2 Å². The molecule has 26 heavy (non-hydrogen) atoms.